The van der Waals surface area contributed by atoms with Crippen molar-refractivity contribution in [2.45, 2.75) is 24.2 Å². The summed E-state index contributed by atoms with van der Waals surface area (Å²) < 4.78 is 5.28. The highest BCUT2D eigenvalue weighted by Gasteiger charge is 2.29. The number of hydrogen-bond acceptors (Lipinski definition) is 3. The molecule has 0 spiro atoms. The van der Waals surface area contributed by atoms with Crippen molar-refractivity contribution in [2.24, 2.45) is 0 Å². The second-order valence-corrected chi connectivity index (χ2v) is 6.82. The summed E-state index contributed by atoms with van der Waals surface area (Å²) in [6.45, 7) is 3.95. The summed E-state index contributed by atoms with van der Waals surface area (Å²) in [7, 11) is 0. The van der Waals surface area contributed by atoms with E-state index in [2.05, 4.69) is 26.4 Å². The standard InChI is InChI=1S/C18H17BrN2O2/c1-18(2,12-8-4-3-5-9-12)20-17(22)15(19)16-13-10-6-7-11-14(13)23-21-16/h3-11,15H,1-2H3,(H,20,22). The first-order valence-corrected chi connectivity index (χ1v) is 8.26. The summed E-state index contributed by atoms with van der Waals surface area (Å²) in [4.78, 5) is 12.1. The zero-order valence-electron chi connectivity index (χ0n) is 12.9. The first-order valence-electron chi connectivity index (χ1n) is 7.35. The van der Waals surface area contributed by atoms with Crippen LogP contribution >= 0.6 is 15.9 Å². The summed E-state index contributed by atoms with van der Waals surface area (Å²) in [6.07, 6.45) is 0. The van der Waals surface area contributed by atoms with E-state index >= 15 is 0 Å². The molecule has 3 aromatic rings. The highest BCUT2D eigenvalue weighted by atomic mass is 79.9. The Balaban J connectivity index is 1.83. The van der Waals surface area contributed by atoms with Crippen LogP contribution in [0.4, 0.5) is 0 Å². The van der Waals surface area contributed by atoms with E-state index in [0.29, 0.717) is 11.3 Å². The molecule has 1 atom stereocenters. The lowest BCUT2D eigenvalue weighted by atomic mass is 9.94. The molecule has 3 rings (SSSR count). The normalized spacial score (nSPS) is 13.0. The average molecular weight is 373 g/mol. The van der Waals surface area contributed by atoms with Gasteiger partial charge in [0, 0.05) is 5.39 Å². The van der Waals surface area contributed by atoms with Crippen LogP contribution in [0.5, 0.6) is 0 Å². The van der Waals surface area contributed by atoms with E-state index in [-0.39, 0.29) is 5.91 Å². The third-order valence-corrected chi connectivity index (χ3v) is 4.66. The lowest BCUT2D eigenvalue weighted by molar-refractivity contribution is -0.122. The molecular weight excluding hydrogens is 356 g/mol. The number of benzene rings is 2. The van der Waals surface area contributed by atoms with E-state index in [4.69, 9.17) is 4.52 Å². The molecule has 5 heteroatoms. The van der Waals surface area contributed by atoms with Crippen molar-refractivity contribution < 1.29 is 9.32 Å². The first-order chi connectivity index (χ1) is 11.0. The smallest absolute Gasteiger partial charge is 0.240 e. The molecular formula is C18H17BrN2O2. The Morgan fingerprint density at radius 3 is 2.52 bits per heavy atom. The predicted molar refractivity (Wildman–Crippen MR) is 93.3 cm³/mol. The average Bonchev–Trinajstić information content (AvgIpc) is 2.98. The second-order valence-electron chi connectivity index (χ2n) is 5.91. The van der Waals surface area contributed by atoms with Crippen molar-refractivity contribution in [2.75, 3.05) is 0 Å². The van der Waals surface area contributed by atoms with Gasteiger partial charge in [0.15, 0.2) is 5.58 Å². The minimum absolute atomic E-state index is 0.155. The summed E-state index contributed by atoms with van der Waals surface area (Å²) in [6, 6.07) is 17.4. The van der Waals surface area contributed by atoms with Crippen LogP contribution in [0.2, 0.25) is 0 Å². The highest BCUT2D eigenvalue weighted by Crippen LogP contribution is 2.30. The van der Waals surface area contributed by atoms with Crippen molar-refractivity contribution >= 4 is 32.8 Å². The summed E-state index contributed by atoms with van der Waals surface area (Å²) in [5.74, 6) is -0.155. The number of fused-ring (bicyclic) bond motifs is 1. The summed E-state index contributed by atoms with van der Waals surface area (Å²) in [5.41, 5.74) is 1.81. The van der Waals surface area contributed by atoms with Crippen molar-refractivity contribution in [3.8, 4) is 0 Å². The van der Waals surface area contributed by atoms with E-state index in [0.717, 1.165) is 10.9 Å². The van der Waals surface area contributed by atoms with Gasteiger partial charge in [-0.2, -0.15) is 0 Å². The molecule has 23 heavy (non-hydrogen) atoms. The minimum atomic E-state index is -0.575. The Morgan fingerprint density at radius 1 is 1.13 bits per heavy atom. The molecule has 0 saturated carbocycles. The molecule has 0 saturated heterocycles. The maximum absolute atomic E-state index is 12.6. The van der Waals surface area contributed by atoms with Gasteiger partial charge < -0.3 is 9.84 Å². The summed E-state index contributed by atoms with van der Waals surface area (Å²) >= 11 is 3.44. The zero-order chi connectivity index (χ0) is 16.4. The van der Waals surface area contributed by atoms with Gasteiger partial charge in [0.2, 0.25) is 5.91 Å². The number of carbonyl (C=O) groups is 1. The van der Waals surface area contributed by atoms with E-state index in [9.17, 15) is 4.79 Å². The van der Waals surface area contributed by atoms with Crippen molar-refractivity contribution in [1.29, 1.82) is 0 Å². The van der Waals surface area contributed by atoms with Gasteiger partial charge in [-0.1, -0.05) is 63.6 Å². The van der Waals surface area contributed by atoms with Crippen LogP contribution < -0.4 is 5.32 Å². The molecule has 0 bridgehead atoms. The Bertz CT molecular complexity index is 827. The van der Waals surface area contributed by atoms with Crippen LogP contribution in [-0.2, 0) is 10.3 Å². The maximum Gasteiger partial charge on any atom is 0.240 e. The van der Waals surface area contributed by atoms with Crippen LogP contribution in [0.3, 0.4) is 0 Å². The Labute approximate surface area is 143 Å². The molecule has 2 aromatic carbocycles. The van der Waals surface area contributed by atoms with Crippen LogP contribution in [0.1, 0.15) is 29.9 Å². The van der Waals surface area contributed by atoms with Crippen molar-refractivity contribution in [1.82, 2.24) is 10.5 Å². The fourth-order valence-corrected chi connectivity index (χ4v) is 2.96. The van der Waals surface area contributed by atoms with Gasteiger partial charge in [-0.25, -0.2) is 0 Å². The number of amides is 1. The molecule has 0 aliphatic carbocycles. The lowest BCUT2D eigenvalue weighted by Crippen LogP contribution is -2.42. The molecule has 1 N–H and O–H groups in total. The van der Waals surface area contributed by atoms with Crippen LogP contribution in [-0.4, -0.2) is 11.1 Å². The number of hydrogen-bond donors (Lipinski definition) is 1. The number of alkyl halides is 1. The lowest BCUT2D eigenvalue weighted by Gasteiger charge is -2.27. The molecule has 0 fully saturated rings. The van der Waals surface area contributed by atoms with Gasteiger partial charge in [0.05, 0.1) is 5.54 Å². The predicted octanol–water partition coefficient (Wildman–Crippen LogP) is 4.32. The van der Waals surface area contributed by atoms with Gasteiger partial charge in [-0.15, -0.1) is 0 Å². The maximum atomic E-state index is 12.6. The zero-order valence-corrected chi connectivity index (χ0v) is 14.5. The van der Waals surface area contributed by atoms with Crippen molar-refractivity contribution in [3.05, 3.63) is 65.9 Å². The molecule has 1 heterocycles. The second kappa shape index (κ2) is 6.16. The fraction of sp³-hybridized carbons (Fsp3) is 0.222. The third-order valence-electron chi connectivity index (χ3n) is 3.81. The van der Waals surface area contributed by atoms with Crippen LogP contribution in [0, 0.1) is 0 Å². The quantitative estimate of drug-likeness (QED) is 0.694. The Kier molecular flexibility index (Phi) is 4.22. The number of halogens is 1. The fourth-order valence-electron chi connectivity index (χ4n) is 2.51. The molecule has 1 unspecified atom stereocenters. The molecule has 0 aliphatic rings. The van der Waals surface area contributed by atoms with Gasteiger partial charge in [-0.05, 0) is 31.5 Å². The Morgan fingerprint density at radius 2 is 1.78 bits per heavy atom. The topological polar surface area (TPSA) is 55.1 Å². The molecule has 0 radical (unpaired) electrons. The third kappa shape index (κ3) is 3.15. The van der Waals surface area contributed by atoms with Crippen molar-refractivity contribution in [3.63, 3.8) is 0 Å². The molecule has 1 amide bonds. The van der Waals surface area contributed by atoms with Gasteiger partial charge in [0.1, 0.15) is 10.5 Å². The van der Waals surface area contributed by atoms with Crippen LogP contribution in [0.25, 0.3) is 11.0 Å². The summed E-state index contributed by atoms with van der Waals surface area (Å²) in [5, 5.41) is 7.93. The highest BCUT2D eigenvalue weighted by molar-refractivity contribution is 9.09. The van der Waals surface area contributed by atoms with E-state index < -0.39 is 10.4 Å². The monoisotopic (exact) mass is 372 g/mol. The number of aromatic nitrogens is 1. The van der Waals surface area contributed by atoms with E-state index in [1.165, 1.54) is 0 Å². The minimum Gasteiger partial charge on any atom is -0.356 e. The first kappa shape index (κ1) is 15.7. The van der Waals surface area contributed by atoms with E-state index in [1.807, 2.05) is 68.4 Å². The molecule has 118 valence electrons. The number of nitrogens with one attached hydrogen (secondary N) is 1. The largest absolute Gasteiger partial charge is 0.356 e. The number of carbonyl (C=O) groups excluding carboxylic acids is 1. The SMILES string of the molecule is CC(C)(NC(=O)C(Br)c1noc2ccccc12)c1ccccc1. The van der Waals surface area contributed by atoms with Gasteiger partial charge in [-0.3, -0.25) is 4.79 Å². The number of rotatable bonds is 4. The molecule has 1 aromatic heterocycles. The molecule has 0 aliphatic heterocycles. The molecule has 4 nitrogen and oxygen atoms in total. The van der Waals surface area contributed by atoms with Gasteiger partial charge in [0.25, 0.3) is 0 Å². The van der Waals surface area contributed by atoms with E-state index in [1.54, 1.807) is 0 Å². The number of nitrogens with zero attached hydrogens (tertiary/aromatic N) is 1. The number of para-hydroxylation sites is 1. The van der Waals surface area contributed by atoms with Crippen LogP contribution in [0.15, 0.2) is 59.1 Å². The Hall–Kier alpha value is -2.14. The van der Waals surface area contributed by atoms with Gasteiger partial charge >= 0.3 is 0 Å².